The van der Waals surface area contributed by atoms with Gasteiger partial charge in [-0.05, 0) is 63.1 Å². The van der Waals surface area contributed by atoms with E-state index in [2.05, 4.69) is 25.2 Å². The quantitative estimate of drug-likeness (QED) is 0.544. The summed E-state index contributed by atoms with van der Waals surface area (Å²) in [6.07, 6.45) is 0. The van der Waals surface area contributed by atoms with Crippen LogP contribution in [-0.4, -0.2) is 28.9 Å². The van der Waals surface area contributed by atoms with Gasteiger partial charge < -0.3 is 14.8 Å². The molecular weight excluding hydrogens is 410 g/mol. The average Bonchev–Trinajstić information content (AvgIpc) is 3.34. The monoisotopic (exact) mass is 437 g/mol. The molecule has 0 spiro atoms. The van der Waals surface area contributed by atoms with Crippen molar-refractivity contribution < 1.29 is 14.3 Å². The van der Waals surface area contributed by atoms with Gasteiger partial charge in [0, 0.05) is 22.6 Å². The number of nitrogens with one attached hydrogen (secondary N) is 1. The van der Waals surface area contributed by atoms with E-state index in [1.54, 1.807) is 18.2 Å². The molecule has 3 aromatic rings. The van der Waals surface area contributed by atoms with Gasteiger partial charge in [0.05, 0.1) is 24.6 Å². The summed E-state index contributed by atoms with van der Waals surface area (Å²) in [5, 5.41) is 7.96. The standard InChI is InChI=1S/C24H27N3O3S/c1-5-29-21-11-10-17(12-22(21)30-6-2)24(28)25-23-18-13-31-14-19(18)26-27(23)20-9-7-8-15(3)16(20)4/h7-12H,5-6,13-14H2,1-4H3,(H,25,28). The van der Waals surface area contributed by atoms with Gasteiger partial charge in [0.15, 0.2) is 11.5 Å². The Hall–Kier alpha value is -2.93. The molecule has 0 aliphatic carbocycles. The second kappa shape index (κ2) is 9.06. The Morgan fingerprint density at radius 2 is 1.87 bits per heavy atom. The SMILES string of the molecule is CCOc1ccc(C(=O)Nc2c3c(nn2-c2cccc(C)c2C)CSC3)cc1OCC. The van der Waals surface area contributed by atoms with Crippen LogP contribution in [0.1, 0.15) is 46.6 Å². The van der Waals surface area contributed by atoms with Crippen molar-refractivity contribution in [2.75, 3.05) is 18.5 Å². The van der Waals surface area contributed by atoms with Crippen LogP contribution in [0.3, 0.4) is 0 Å². The summed E-state index contributed by atoms with van der Waals surface area (Å²) < 4.78 is 13.2. The summed E-state index contributed by atoms with van der Waals surface area (Å²) in [7, 11) is 0. The molecule has 1 aliphatic heterocycles. The Bertz CT molecular complexity index is 1120. The zero-order valence-corrected chi connectivity index (χ0v) is 19.1. The molecule has 1 amide bonds. The molecule has 31 heavy (non-hydrogen) atoms. The van der Waals surface area contributed by atoms with Crippen LogP contribution < -0.4 is 14.8 Å². The Morgan fingerprint density at radius 1 is 1.10 bits per heavy atom. The van der Waals surface area contributed by atoms with Crippen molar-refractivity contribution in [1.29, 1.82) is 0 Å². The minimum absolute atomic E-state index is 0.199. The van der Waals surface area contributed by atoms with Gasteiger partial charge >= 0.3 is 0 Å². The highest BCUT2D eigenvalue weighted by atomic mass is 32.2. The number of rotatable bonds is 7. The summed E-state index contributed by atoms with van der Waals surface area (Å²) in [5.74, 6) is 3.44. The van der Waals surface area contributed by atoms with Crippen LogP contribution in [0, 0.1) is 13.8 Å². The number of nitrogens with zero attached hydrogens (tertiary/aromatic N) is 2. The largest absolute Gasteiger partial charge is 0.490 e. The lowest BCUT2D eigenvalue weighted by molar-refractivity contribution is 0.102. The fourth-order valence-corrected chi connectivity index (χ4v) is 4.69. The molecule has 7 heteroatoms. The van der Waals surface area contributed by atoms with Crippen molar-refractivity contribution in [1.82, 2.24) is 9.78 Å². The fraction of sp³-hybridized carbons (Fsp3) is 0.333. The summed E-state index contributed by atoms with van der Waals surface area (Å²) in [6.45, 7) is 9.02. The minimum Gasteiger partial charge on any atom is -0.490 e. The first kappa shape index (κ1) is 21.3. The lowest BCUT2D eigenvalue weighted by Gasteiger charge is -2.15. The number of amides is 1. The number of carbonyl (C=O) groups is 1. The maximum Gasteiger partial charge on any atom is 0.256 e. The third-order valence-corrected chi connectivity index (χ3v) is 6.36. The Labute approximate surface area is 186 Å². The maximum absolute atomic E-state index is 13.2. The molecule has 0 saturated heterocycles. The minimum atomic E-state index is -0.199. The van der Waals surface area contributed by atoms with Gasteiger partial charge in [0.2, 0.25) is 0 Å². The highest BCUT2D eigenvalue weighted by Crippen LogP contribution is 2.37. The molecule has 0 unspecified atom stereocenters. The van der Waals surface area contributed by atoms with E-state index in [-0.39, 0.29) is 5.91 Å². The predicted molar refractivity (Wildman–Crippen MR) is 125 cm³/mol. The highest BCUT2D eigenvalue weighted by Gasteiger charge is 2.26. The molecule has 0 saturated carbocycles. The normalized spacial score (nSPS) is 12.5. The molecule has 0 atom stereocenters. The van der Waals surface area contributed by atoms with Crippen molar-refractivity contribution in [2.45, 2.75) is 39.2 Å². The van der Waals surface area contributed by atoms with Crippen LogP contribution in [0.15, 0.2) is 36.4 Å². The molecule has 0 bridgehead atoms. The number of carbonyl (C=O) groups excluding carboxylic acids is 1. The van der Waals surface area contributed by atoms with Gasteiger partial charge in [-0.15, -0.1) is 0 Å². The topological polar surface area (TPSA) is 65.4 Å². The second-order valence-corrected chi connectivity index (χ2v) is 8.36. The van der Waals surface area contributed by atoms with Crippen molar-refractivity contribution in [3.8, 4) is 17.2 Å². The number of ether oxygens (including phenoxy) is 2. The van der Waals surface area contributed by atoms with Crippen LogP contribution in [0.4, 0.5) is 5.82 Å². The molecule has 6 nitrogen and oxygen atoms in total. The first-order valence-corrected chi connectivity index (χ1v) is 11.6. The number of hydrogen-bond donors (Lipinski definition) is 1. The molecule has 2 heterocycles. The predicted octanol–water partition coefficient (Wildman–Crippen LogP) is 5.29. The molecule has 162 valence electrons. The lowest BCUT2D eigenvalue weighted by Crippen LogP contribution is -2.17. The van der Waals surface area contributed by atoms with Crippen molar-refractivity contribution >= 4 is 23.5 Å². The van der Waals surface area contributed by atoms with Crippen molar-refractivity contribution in [3.63, 3.8) is 0 Å². The van der Waals surface area contributed by atoms with Gasteiger partial charge in [-0.3, -0.25) is 4.79 Å². The van der Waals surface area contributed by atoms with Crippen LogP contribution in [0.5, 0.6) is 11.5 Å². The molecule has 1 N–H and O–H groups in total. The Morgan fingerprint density at radius 3 is 2.65 bits per heavy atom. The second-order valence-electron chi connectivity index (χ2n) is 7.38. The van der Waals surface area contributed by atoms with Gasteiger partial charge in [-0.2, -0.15) is 16.9 Å². The summed E-state index contributed by atoms with van der Waals surface area (Å²) in [5.41, 5.74) is 5.95. The van der Waals surface area contributed by atoms with E-state index < -0.39 is 0 Å². The van der Waals surface area contributed by atoms with Crippen LogP contribution in [0.25, 0.3) is 5.69 Å². The average molecular weight is 438 g/mol. The molecule has 2 aromatic carbocycles. The van der Waals surface area contributed by atoms with Gasteiger partial charge in [0.1, 0.15) is 5.82 Å². The van der Waals surface area contributed by atoms with Crippen molar-refractivity contribution in [3.05, 3.63) is 64.3 Å². The number of aromatic nitrogens is 2. The number of fused-ring (bicyclic) bond motifs is 1. The zero-order valence-electron chi connectivity index (χ0n) is 18.3. The van der Waals surface area contributed by atoms with Gasteiger partial charge in [0.25, 0.3) is 5.91 Å². The third kappa shape index (κ3) is 4.14. The Kier molecular flexibility index (Phi) is 6.23. The van der Waals surface area contributed by atoms with E-state index in [0.29, 0.717) is 30.3 Å². The molecular formula is C24H27N3O3S. The lowest BCUT2D eigenvalue weighted by atomic mass is 10.1. The van der Waals surface area contributed by atoms with E-state index in [1.807, 2.05) is 42.4 Å². The first-order chi connectivity index (χ1) is 15.0. The fourth-order valence-electron chi connectivity index (χ4n) is 3.65. The Balaban J connectivity index is 1.71. The van der Waals surface area contributed by atoms with E-state index in [4.69, 9.17) is 14.6 Å². The molecule has 4 rings (SSSR count). The zero-order chi connectivity index (χ0) is 22.0. The van der Waals surface area contributed by atoms with E-state index in [0.717, 1.165) is 39.8 Å². The molecule has 1 aliphatic rings. The van der Waals surface area contributed by atoms with Crippen LogP contribution >= 0.6 is 11.8 Å². The summed E-state index contributed by atoms with van der Waals surface area (Å²) in [4.78, 5) is 13.2. The summed E-state index contributed by atoms with van der Waals surface area (Å²) >= 11 is 1.81. The molecule has 0 fully saturated rings. The van der Waals surface area contributed by atoms with E-state index >= 15 is 0 Å². The first-order valence-electron chi connectivity index (χ1n) is 10.5. The van der Waals surface area contributed by atoms with Crippen molar-refractivity contribution in [2.24, 2.45) is 0 Å². The van der Waals surface area contributed by atoms with Gasteiger partial charge in [-0.25, -0.2) is 4.68 Å². The molecule has 1 aromatic heterocycles. The smallest absolute Gasteiger partial charge is 0.256 e. The van der Waals surface area contributed by atoms with Crippen LogP contribution in [0.2, 0.25) is 0 Å². The number of benzene rings is 2. The third-order valence-electron chi connectivity index (χ3n) is 5.39. The van der Waals surface area contributed by atoms with Gasteiger partial charge in [-0.1, -0.05) is 12.1 Å². The maximum atomic E-state index is 13.2. The van der Waals surface area contributed by atoms with E-state index in [9.17, 15) is 4.79 Å². The molecule has 0 radical (unpaired) electrons. The number of aryl methyl sites for hydroxylation is 1. The number of anilines is 1. The van der Waals surface area contributed by atoms with Crippen LogP contribution in [-0.2, 0) is 11.5 Å². The summed E-state index contributed by atoms with van der Waals surface area (Å²) in [6, 6.07) is 11.4. The number of hydrogen-bond acceptors (Lipinski definition) is 5. The van der Waals surface area contributed by atoms with E-state index in [1.165, 1.54) is 5.56 Å². The highest BCUT2D eigenvalue weighted by molar-refractivity contribution is 7.98. The number of thioether (sulfide) groups is 1.